The third-order valence-corrected chi connectivity index (χ3v) is 5.10. The van der Waals surface area contributed by atoms with E-state index in [1.165, 1.54) is 0 Å². The Balaban J connectivity index is 2.60. The molecule has 0 amide bonds. The van der Waals surface area contributed by atoms with E-state index in [1.54, 1.807) is 6.92 Å². The fraction of sp³-hybridized carbons (Fsp3) is 0.909. The lowest BCUT2D eigenvalue weighted by Gasteiger charge is -2.28. The maximum absolute atomic E-state index is 11.9. The minimum atomic E-state index is -3.52. The van der Waals surface area contributed by atoms with Crippen LogP contribution in [-0.4, -0.2) is 32.9 Å². The van der Waals surface area contributed by atoms with E-state index in [0.717, 1.165) is 12.8 Å². The second-order valence-electron chi connectivity index (χ2n) is 4.43. The summed E-state index contributed by atoms with van der Waals surface area (Å²) >= 11 is 0. The van der Waals surface area contributed by atoms with Crippen molar-refractivity contribution < 1.29 is 13.2 Å². The molecule has 0 aromatic heterocycles. The third kappa shape index (κ3) is 3.95. The van der Waals surface area contributed by atoms with Crippen LogP contribution in [0.4, 0.5) is 0 Å². The van der Waals surface area contributed by atoms with E-state index in [2.05, 4.69) is 4.72 Å². The molecule has 2 atom stereocenters. The van der Waals surface area contributed by atoms with Gasteiger partial charge in [-0.15, -0.1) is 0 Å². The van der Waals surface area contributed by atoms with Gasteiger partial charge in [-0.05, 0) is 32.1 Å². The molecule has 0 aromatic carbocycles. The first-order valence-corrected chi connectivity index (χ1v) is 7.54. The van der Waals surface area contributed by atoms with Crippen molar-refractivity contribution in [2.75, 3.05) is 13.2 Å². The van der Waals surface area contributed by atoms with Gasteiger partial charge in [0.25, 0.3) is 0 Å². The molecular formula is C11H20N2O3S. The first-order chi connectivity index (χ1) is 8.01. The SMILES string of the molecule is CCC(C#N)S(=O)(=O)NC(C)C1CCOCC1. The number of nitrogens with zero attached hydrogens (tertiary/aromatic N) is 1. The number of rotatable bonds is 5. The molecule has 2 unspecified atom stereocenters. The van der Waals surface area contributed by atoms with Gasteiger partial charge in [-0.2, -0.15) is 5.26 Å². The summed E-state index contributed by atoms with van der Waals surface area (Å²) < 4.78 is 31.6. The van der Waals surface area contributed by atoms with Crippen LogP contribution < -0.4 is 4.72 Å². The van der Waals surface area contributed by atoms with Crippen LogP contribution in [0.5, 0.6) is 0 Å². The van der Waals surface area contributed by atoms with Gasteiger partial charge < -0.3 is 4.74 Å². The quantitative estimate of drug-likeness (QED) is 0.800. The van der Waals surface area contributed by atoms with Gasteiger partial charge in [0, 0.05) is 19.3 Å². The third-order valence-electron chi connectivity index (χ3n) is 3.21. The molecule has 1 fully saturated rings. The van der Waals surface area contributed by atoms with Crippen molar-refractivity contribution in [1.82, 2.24) is 4.72 Å². The van der Waals surface area contributed by atoms with Gasteiger partial charge in [0.15, 0.2) is 5.25 Å². The lowest BCUT2D eigenvalue weighted by molar-refractivity contribution is 0.0585. The topological polar surface area (TPSA) is 79.2 Å². The molecular weight excluding hydrogens is 240 g/mol. The van der Waals surface area contributed by atoms with Crippen LogP contribution in [0.25, 0.3) is 0 Å². The average Bonchev–Trinajstić information content (AvgIpc) is 2.30. The van der Waals surface area contributed by atoms with Crippen LogP contribution in [0.2, 0.25) is 0 Å². The molecule has 0 saturated carbocycles. The molecule has 0 bridgehead atoms. The Kier molecular flexibility index (Phi) is 5.37. The van der Waals surface area contributed by atoms with Crippen LogP contribution >= 0.6 is 0 Å². The van der Waals surface area contributed by atoms with Crippen molar-refractivity contribution in [3.05, 3.63) is 0 Å². The van der Waals surface area contributed by atoms with Crippen LogP contribution in [-0.2, 0) is 14.8 Å². The van der Waals surface area contributed by atoms with E-state index < -0.39 is 15.3 Å². The predicted octanol–water partition coefficient (Wildman–Crippen LogP) is 1.02. The zero-order valence-electron chi connectivity index (χ0n) is 10.3. The molecule has 1 rings (SSSR count). The molecule has 1 aliphatic heterocycles. The minimum absolute atomic E-state index is 0.133. The number of nitriles is 1. The summed E-state index contributed by atoms with van der Waals surface area (Å²) in [5, 5.41) is 7.84. The smallest absolute Gasteiger partial charge is 0.228 e. The molecule has 0 aliphatic carbocycles. The zero-order valence-corrected chi connectivity index (χ0v) is 11.2. The van der Waals surface area contributed by atoms with E-state index >= 15 is 0 Å². The van der Waals surface area contributed by atoms with E-state index in [4.69, 9.17) is 10.00 Å². The Hall–Kier alpha value is -0.640. The lowest BCUT2D eigenvalue weighted by Crippen LogP contribution is -2.43. The van der Waals surface area contributed by atoms with Gasteiger partial charge in [-0.1, -0.05) is 6.92 Å². The predicted molar refractivity (Wildman–Crippen MR) is 64.8 cm³/mol. The Morgan fingerprint density at radius 2 is 2.06 bits per heavy atom. The summed E-state index contributed by atoms with van der Waals surface area (Å²) in [6.07, 6.45) is 2.05. The molecule has 0 aromatic rings. The molecule has 0 radical (unpaired) electrons. The van der Waals surface area contributed by atoms with Crippen molar-refractivity contribution in [2.45, 2.75) is 44.4 Å². The van der Waals surface area contributed by atoms with Crippen molar-refractivity contribution in [3.63, 3.8) is 0 Å². The molecule has 1 aliphatic rings. The lowest BCUT2D eigenvalue weighted by atomic mass is 9.94. The number of ether oxygens (including phenoxy) is 1. The molecule has 17 heavy (non-hydrogen) atoms. The van der Waals surface area contributed by atoms with Crippen molar-refractivity contribution in [1.29, 1.82) is 5.26 Å². The second kappa shape index (κ2) is 6.34. The molecule has 5 nitrogen and oxygen atoms in total. The molecule has 6 heteroatoms. The molecule has 98 valence electrons. The number of nitrogens with one attached hydrogen (secondary N) is 1. The normalized spacial score (nSPS) is 21.7. The largest absolute Gasteiger partial charge is 0.381 e. The molecule has 1 heterocycles. The van der Waals surface area contributed by atoms with Crippen LogP contribution in [0, 0.1) is 17.2 Å². The Labute approximate surface area is 103 Å². The Morgan fingerprint density at radius 3 is 2.53 bits per heavy atom. The first-order valence-electron chi connectivity index (χ1n) is 5.99. The number of sulfonamides is 1. The monoisotopic (exact) mass is 260 g/mol. The standard InChI is InChI=1S/C11H20N2O3S/c1-3-11(8-12)17(14,15)13-9(2)10-4-6-16-7-5-10/h9-11,13H,3-7H2,1-2H3. The summed E-state index contributed by atoms with van der Waals surface area (Å²) in [5.41, 5.74) is 0. The van der Waals surface area contributed by atoms with Crippen LogP contribution in [0.3, 0.4) is 0 Å². The first kappa shape index (κ1) is 14.4. The van der Waals surface area contributed by atoms with E-state index in [9.17, 15) is 8.42 Å². The Morgan fingerprint density at radius 1 is 1.47 bits per heavy atom. The Bertz CT molecular complexity index is 369. The number of hydrogen-bond acceptors (Lipinski definition) is 4. The second-order valence-corrected chi connectivity index (χ2v) is 6.32. The van der Waals surface area contributed by atoms with Crippen molar-refractivity contribution >= 4 is 10.0 Å². The van der Waals surface area contributed by atoms with Gasteiger partial charge in [-0.25, -0.2) is 13.1 Å². The highest BCUT2D eigenvalue weighted by atomic mass is 32.2. The van der Waals surface area contributed by atoms with Gasteiger partial charge in [0.05, 0.1) is 6.07 Å². The van der Waals surface area contributed by atoms with Crippen LogP contribution in [0.1, 0.15) is 33.1 Å². The minimum Gasteiger partial charge on any atom is -0.381 e. The number of hydrogen-bond donors (Lipinski definition) is 1. The summed E-state index contributed by atoms with van der Waals surface area (Å²) in [4.78, 5) is 0. The zero-order chi connectivity index (χ0) is 12.9. The van der Waals surface area contributed by atoms with Crippen LogP contribution in [0.15, 0.2) is 0 Å². The summed E-state index contributed by atoms with van der Waals surface area (Å²) in [6.45, 7) is 4.93. The van der Waals surface area contributed by atoms with Gasteiger partial charge in [0.1, 0.15) is 0 Å². The highest BCUT2D eigenvalue weighted by molar-refractivity contribution is 7.90. The van der Waals surface area contributed by atoms with E-state index in [0.29, 0.717) is 25.6 Å². The summed E-state index contributed by atoms with van der Waals surface area (Å²) in [7, 11) is -3.52. The van der Waals surface area contributed by atoms with Crippen molar-refractivity contribution in [2.24, 2.45) is 5.92 Å². The molecule has 0 spiro atoms. The summed E-state index contributed by atoms with van der Waals surface area (Å²) in [5.74, 6) is 0.301. The fourth-order valence-electron chi connectivity index (χ4n) is 2.03. The fourth-order valence-corrected chi connectivity index (χ4v) is 3.49. The van der Waals surface area contributed by atoms with Gasteiger partial charge in [-0.3, -0.25) is 0 Å². The highest BCUT2D eigenvalue weighted by Crippen LogP contribution is 2.19. The van der Waals surface area contributed by atoms with E-state index in [1.807, 2.05) is 13.0 Å². The van der Waals surface area contributed by atoms with Crippen molar-refractivity contribution in [3.8, 4) is 6.07 Å². The van der Waals surface area contributed by atoms with Gasteiger partial charge >= 0.3 is 0 Å². The maximum Gasteiger partial charge on any atom is 0.228 e. The molecule has 1 saturated heterocycles. The molecule has 1 N–H and O–H groups in total. The summed E-state index contributed by atoms with van der Waals surface area (Å²) in [6, 6.07) is 1.69. The highest BCUT2D eigenvalue weighted by Gasteiger charge is 2.29. The average molecular weight is 260 g/mol. The van der Waals surface area contributed by atoms with E-state index in [-0.39, 0.29) is 6.04 Å². The maximum atomic E-state index is 11.9. The van der Waals surface area contributed by atoms with Gasteiger partial charge in [0.2, 0.25) is 10.0 Å².